The fourth-order valence-electron chi connectivity index (χ4n) is 2.83. The number of hydrogen-bond acceptors (Lipinski definition) is 1. The number of rotatable bonds is 1. The van der Waals surface area contributed by atoms with Gasteiger partial charge in [-0.25, -0.2) is 4.39 Å². The zero-order valence-electron chi connectivity index (χ0n) is 12.1. The van der Waals surface area contributed by atoms with Gasteiger partial charge in [0.1, 0.15) is 5.82 Å². The van der Waals surface area contributed by atoms with Crippen molar-refractivity contribution in [3.05, 3.63) is 70.5 Å². The molecule has 0 radical (unpaired) electrons. The normalized spacial score (nSPS) is 14.5. The molecular weight excluding hydrogens is 265 g/mol. The Morgan fingerprint density at radius 3 is 2.24 bits per heavy atom. The zero-order chi connectivity index (χ0) is 14.8. The van der Waals surface area contributed by atoms with Crippen LogP contribution >= 0.6 is 0 Å². The molecule has 108 valence electrons. The van der Waals surface area contributed by atoms with Crippen molar-refractivity contribution < 1.29 is 9.18 Å². The minimum Gasteiger partial charge on any atom is -0.338 e. The molecule has 0 saturated heterocycles. The largest absolute Gasteiger partial charge is 0.338 e. The molecule has 21 heavy (non-hydrogen) atoms. The van der Waals surface area contributed by atoms with Gasteiger partial charge in [-0.15, -0.1) is 0 Å². The molecule has 0 fully saturated rings. The molecule has 0 aliphatic carbocycles. The van der Waals surface area contributed by atoms with Crippen LogP contribution in [0.3, 0.4) is 0 Å². The quantitative estimate of drug-likeness (QED) is 0.785. The van der Waals surface area contributed by atoms with E-state index in [0.717, 1.165) is 18.4 Å². The molecular formula is C18H18FNO. The lowest BCUT2D eigenvalue weighted by Gasteiger charge is -2.20. The number of benzene rings is 2. The topological polar surface area (TPSA) is 20.3 Å². The van der Waals surface area contributed by atoms with E-state index < -0.39 is 5.82 Å². The molecule has 2 aromatic carbocycles. The molecule has 1 aliphatic rings. The van der Waals surface area contributed by atoms with Gasteiger partial charge in [0.15, 0.2) is 0 Å². The van der Waals surface area contributed by atoms with Gasteiger partial charge >= 0.3 is 0 Å². The summed E-state index contributed by atoms with van der Waals surface area (Å²) in [5.74, 6) is -0.637. The number of nitrogens with zero attached hydrogens (tertiary/aromatic N) is 1. The van der Waals surface area contributed by atoms with Crippen LogP contribution < -0.4 is 0 Å². The summed E-state index contributed by atoms with van der Waals surface area (Å²) in [6, 6.07) is 13.0. The standard InChI is InChI=1S/C18H18FNO/c1-13-6-7-16(17(19)12-13)18(21)20-10-8-14-4-2-3-5-15(14)9-11-20/h2-7,12H,8-11H2,1H3. The second kappa shape index (κ2) is 5.68. The first-order valence-corrected chi connectivity index (χ1v) is 7.27. The van der Waals surface area contributed by atoms with Gasteiger partial charge in [0.25, 0.3) is 5.91 Å². The van der Waals surface area contributed by atoms with Crippen molar-refractivity contribution >= 4 is 5.91 Å². The lowest BCUT2D eigenvalue weighted by Crippen LogP contribution is -2.33. The van der Waals surface area contributed by atoms with Crippen molar-refractivity contribution in [3.8, 4) is 0 Å². The van der Waals surface area contributed by atoms with Crippen LogP contribution in [0.2, 0.25) is 0 Å². The number of carbonyl (C=O) groups is 1. The highest BCUT2D eigenvalue weighted by Gasteiger charge is 2.21. The van der Waals surface area contributed by atoms with E-state index in [1.54, 1.807) is 17.0 Å². The van der Waals surface area contributed by atoms with Crippen LogP contribution in [0.25, 0.3) is 0 Å². The Labute approximate surface area is 124 Å². The van der Waals surface area contributed by atoms with Gasteiger partial charge in [0.2, 0.25) is 0 Å². The molecule has 0 aromatic heterocycles. The minimum absolute atomic E-state index is 0.173. The van der Waals surface area contributed by atoms with Gasteiger partial charge in [-0.3, -0.25) is 4.79 Å². The van der Waals surface area contributed by atoms with Crippen LogP contribution in [0.5, 0.6) is 0 Å². The number of halogens is 1. The third-order valence-corrected chi connectivity index (χ3v) is 4.06. The van der Waals surface area contributed by atoms with Crippen molar-refractivity contribution in [1.82, 2.24) is 4.90 Å². The van der Waals surface area contributed by atoms with Gasteiger partial charge in [-0.2, -0.15) is 0 Å². The summed E-state index contributed by atoms with van der Waals surface area (Å²) in [7, 11) is 0. The van der Waals surface area contributed by atoms with Crippen LogP contribution in [-0.2, 0) is 12.8 Å². The number of fused-ring (bicyclic) bond motifs is 1. The van der Waals surface area contributed by atoms with E-state index in [-0.39, 0.29) is 11.5 Å². The van der Waals surface area contributed by atoms with Crippen molar-refractivity contribution in [2.75, 3.05) is 13.1 Å². The van der Waals surface area contributed by atoms with E-state index in [1.807, 2.05) is 19.1 Å². The third-order valence-electron chi connectivity index (χ3n) is 4.06. The number of carbonyl (C=O) groups excluding carboxylic acids is 1. The first-order chi connectivity index (χ1) is 10.1. The Balaban J connectivity index is 1.81. The van der Waals surface area contributed by atoms with E-state index >= 15 is 0 Å². The fraction of sp³-hybridized carbons (Fsp3) is 0.278. The van der Waals surface area contributed by atoms with Crippen LogP contribution in [0.15, 0.2) is 42.5 Å². The highest BCUT2D eigenvalue weighted by atomic mass is 19.1. The smallest absolute Gasteiger partial charge is 0.256 e. The number of amides is 1. The Bertz CT molecular complexity index is 654. The number of hydrogen-bond donors (Lipinski definition) is 0. The fourth-order valence-corrected chi connectivity index (χ4v) is 2.83. The van der Waals surface area contributed by atoms with Crippen molar-refractivity contribution in [1.29, 1.82) is 0 Å². The first kappa shape index (κ1) is 13.8. The zero-order valence-corrected chi connectivity index (χ0v) is 12.1. The molecule has 0 N–H and O–H groups in total. The molecule has 0 unspecified atom stereocenters. The molecule has 0 saturated carbocycles. The molecule has 2 nitrogen and oxygen atoms in total. The Morgan fingerprint density at radius 2 is 1.67 bits per heavy atom. The molecule has 1 amide bonds. The minimum atomic E-state index is -0.429. The van der Waals surface area contributed by atoms with E-state index in [1.165, 1.54) is 17.2 Å². The van der Waals surface area contributed by atoms with Gasteiger partial charge in [-0.1, -0.05) is 30.3 Å². The SMILES string of the molecule is Cc1ccc(C(=O)N2CCc3ccccc3CC2)c(F)c1. The van der Waals surface area contributed by atoms with E-state index in [0.29, 0.717) is 13.1 Å². The highest BCUT2D eigenvalue weighted by Crippen LogP contribution is 2.18. The van der Waals surface area contributed by atoms with E-state index in [9.17, 15) is 9.18 Å². The predicted molar refractivity (Wildman–Crippen MR) is 80.9 cm³/mol. The maximum Gasteiger partial charge on any atom is 0.256 e. The van der Waals surface area contributed by atoms with Crippen molar-refractivity contribution in [2.45, 2.75) is 19.8 Å². The van der Waals surface area contributed by atoms with Gasteiger partial charge in [0.05, 0.1) is 5.56 Å². The molecule has 0 spiro atoms. The Hall–Kier alpha value is -2.16. The van der Waals surface area contributed by atoms with Crippen LogP contribution in [0, 0.1) is 12.7 Å². The average molecular weight is 283 g/mol. The molecule has 0 bridgehead atoms. The van der Waals surface area contributed by atoms with Crippen LogP contribution in [0.1, 0.15) is 27.0 Å². The predicted octanol–water partition coefficient (Wildman–Crippen LogP) is 3.38. The highest BCUT2D eigenvalue weighted by molar-refractivity contribution is 5.94. The Kier molecular flexibility index (Phi) is 3.74. The summed E-state index contributed by atoms with van der Waals surface area (Å²) in [5, 5.41) is 0. The molecule has 1 heterocycles. The van der Waals surface area contributed by atoms with Gasteiger partial charge in [-0.05, 0) is 48.6 Å². The summed E-state index contributed by atoms with van der Waals surface area (Å²) < 4.78 is 14.0. The van der Waals surface area contributed by atoms with E-state index in [4.69, 9.17) is 0 Å². The molecule has 3 rings (SSSR count). The molecule has 2 aromatic rings. The monoisotopic (exact) mass is 283 g/mol. The summed E-state index contributed by atoms with van der Waals surface area (Å²) in [6.07, 6.45) is 1.66. The van der Waals surface area contributed by atoms with Crippen LogP contribution in [0.4, 0.5) is 4.39 Å². The lowest BCUT2D eigenvalue weighted by atomic mass is 10.0. The maximum absolute atomic E-state index is 14.0. The summed E-state index contributed by atoms with van der Waals surface area (Å²) in [6.45, 7) is 3.10. The first-order valence-electron chi connectivity index (χ1n) is 7.27. The molecule has 0 atom stereocenters. The number of aryl methyl sites for hydroxylation is 1. The summed E-state index contributed by atoms with van der Waals surface area (Å²) >= 11 is 0. The average Bonchev–Trinajstić information content (AvgIpc) is 2.69. The van der Waals surface area contributed by atoms with Crippen molar-refractivity contribution in [2.24, 2.45) is 0 Å². The van der Waals surface area contributed by atoms with Gasteiger partial charge < -0.3 is 4.90 Å². The second-order valence-corrected chi connectivity index (χ2v) is 5.54. The Morgan fingerprint density at radius 1 is 1.05 bits per heavy atom. The lowest BCUT2D eigenvalue weighted by molar-refractivity contribution is 0.0758. The summed E-state index contributed by atoms with van der Waals surface area (Å²) in [5.41, 5.74) is 3.58. The second-order valence-electron chi connectivity index (χ2n) is 5.54. The molecule has 1 aliphatic heterocycles. The molecule has 3 heteroatoms. The van der Waals surface area contributed by atoms with Crippen LogP contribution in [-0.4, -0.2) is 23.9 Å². The van der Waals surface area contributed by atoms with Crippen molar-refractivity contribution in [3.63, 3.8) is 0 Å². The third kappa shape index (κ3) is 2.82. The maximum atomic E-state index is 14.0. The summed E-state index contributed by atoms with van der Waals surface area (Å²) in [4.78, 5) is 14.3. The van der Waals surface area contributed by atoms with Gasteiger partial charge in [0, 0.05) is 13.1 Å². The van der Waals surface area contributed by atoms with E-state index in [2.05, 4.69) is 12.1 Å².